The van der Waals surface area contributed by atoms with E-state index in [4.69, 9.17) is 0 Å². The lowest BCUT2D eigenvalue weighted by Gasteiger charge is -2.27. The molecule has 0 amide bonds. The summed E-state index contributed by atoms with van der Waals surface area (Å²) >= 11 is 0. The van der Waals surface area contributed by atoms with Crippen molar-refractivity contribution in [2.45, 2.75) is 96.2 Å². The summed E-state index contributed by atoms with van der Waals surface area (Å²) in [4.78, 5) is 11.3. The highest BCUT2D eigenvalue weighted by molar-refractivity contribution is 5.85. The molecule has 0 bridgehead atoms. The van der Waals surface area contributed by atoms with Crippen molar-refractivity contribution < 1.29 is 23.8 Å². The number of hydrogen-bond acceptors (Lipinski definition) is 3. The van der Waals surface area contributed by atoms with E-state index >= 15 is 0 Å². The maximum Gasteiger partial charge on any atom is 0.302 e. The zero-order chi connectivity index (χ0) is 20.5. The predicted octanol–water partition coefficient (Wildman–Crippen LogP) is 5.38. The molecule has 0 radical (unpaired) electrons. The Labute approximate surface area is 161 Å². The molecule has 0 saturated carbocycles. The molecular weight excluding hydrogens is 350 g/mol. The molecule has 1 aromatic carbocycles. The van der Waals surface area contributed by atoms with Crippen molar-refractivity contribution in [3.63, 3.8) is 0 Å². The molecule has 0 unspecified atom stereocenters. The third kappa shape index (κ3) is 8.48. The van der Waals surface area contributed by atoms with Gasteiger partial charge in [0.1, 0.15) is 0 Å². The van der Waals surface area contributed by atoms with Crippen LogP contribution < -0.4 is 0 Å². The number of carbonyl (C=O) groups excluding carboxylic acids is 1. The lowest BCUT2D eigenvalue weighted by atomic mass is 9.86. The van der Waals surface area contributed by atoms with Crippen molar-refractivity contribution in [3.05, 3.63) is 35.4 Å². The standard InChI is InChI=1S/C22H34F2O3/c1-4-13-22(27,14-5-2)15-12-17-8-6-9-18(16-17)19(25)10-7-11-20(26)21(3,23)24/h6,8-9,16,19,25,27H,4-5,7,10-15H2,1-3H3/t19-/m1/s1. The number of aliphatic hydroxyl groups excluding tert-OH is 1. The van der Waals surface area contributed by atoms with Crippen LogP contribution in [0.5, 0.6) is 0 Å². The van der Waals surface area contributed by atoms with Gasteiger partial charge in [0.2, 0.25) is 5.78 Å². The van der Waals surface area contributed by atoms with Crippen LogP contribution >= 0.6 is 0 Å². The first-order valence-corrected chi connectivity index (χ1v) is 10.0. The second-order valence-corrected chi connectivity index (χ2v) is 7.69. The van der Waals surface area contributed by atoms with Gasteiger partial charge in [-0.25, -0.2) is 0 Å². The summed E-state index contributed by atoms with van der Waals surface area (Å²) in [5.74, 6) is -4.40. The number of ketones is 1. The Balaban J connectivity index is 2.60. The molecule has 1 atom stereocenters. The normalized spacial score (nSPS) is 13.6. The molecule has 0 aliphatic heterocycles. The number of alkyl halides is 2. The Kier molecular flexibility index (Phi) is 9.54. The molecule has 1 aromatic rings. The minimum Gasteiger partial charge on any atom is -0.390 e. The smallest absolute Gasteiger partial charge is 0.302 e. The zero-order valence-corrected chi connectivity index (χ0v) is 16.8. The Morgan fingerprint density at radius 1 is 1.15 bits per heavy atom. The first-order valence-electron chi connectivity index (χ1n) is 10.0. The number of aryl methyl sites for hydroxylation is 1. The van der Waals surface area contributed by atoms with E-state index in [9.17, 15) is 23.8 Å². The third-order valence-corrected chi connectivity index (χ3v) is 5.02. The number of benzene rings is 1. The van der Waals surface area contributed by atoms with Gasteiger partial charge in [0, 0.05) is 13.3 Å². The Morgan fingerprint density at radius 2 is 1.78 bits per heavy atom. The number of hydrogen-bond donors (Lipinski definition) is 2. The number of Topliss-reactive ketones (excluding diaryl/α,β-unsaturated/α-hetero) is 1. The maximum absolute atomic E-state index is 12.9. The van der Waals surface area contributed by atoms with E-state index in [0.717, 1.165) is 43.2 Å². The zero-order valence-electron chi connectivity index (χ0n) is 16.8. The second kappa shape index (κ2) is 10.9. The fourth-order valence-corrected chi connectivity index (χ4v) is 3.48. The van der Waals surface area contributed by atoms with Gasteiger partial charge in [-0.1, -0.05) is 51.0 Å². The summed E-state index contributed by atoms with van der Waals surface area (Å²) in [5.41, 5.74) is 1.11. The molecule has 1 rings (SSSR count). The van der Waals surface area contributed by atoms with Crippen LogP contribution in [-0.2, 0) is 11.2 Å². The maximum atomic E-state index is 12.9. The Bertz CT molecular complexity index is 575. The second-order valence-electron chi connectivity index (χ2n) is 7.69. The summed E-state index contributed by atoms with van der Waals surface area (Å²) in [5, 5.41) is 21.1. The van der Waals surface area contributed by atoms with Gasteiger partial charge in [-0.2, -0.15) is 8.78 Å². The molecule has 0 saturated heterocycles. The van der Waals surface area contributed by atoms with E-state index in [2.05, 4.69) is 13.8 Å². The van der Waals surface area contributed by atoms with Crippen LogP contribution in [0.4, 0.5) is 8.78 Å². The molecule has 3 nitrogen and oxygen atoms in total. The van der Waals surface area contributed by atoms with Gasteiger partial charge in [0.15, 0.2) is 0 Å². The summed E-state index contributed by atoms with van der Waals surface area (Å²) in [7, 11) is 0. The van der Waals surface area contributed by atoms with E-state index < -0.39 is 23.4 Å². The first kappa shape index (κ1) is 23.7. The quantitative estimate of drug-likeness (QED) is 0.480. The molecule has 0 heterocycles. The molecule has 0 aliphatic rings. The SMILES string of the molecule is CCCC(O)(CCC)CCc1cccc([C@H](O)CCCC(=O)C(C)(F)F)c1. The minimum absolute atomic E-state index is 0.223. The van der Waals surface area contributed by atoms with Gasteiger partial charge in [0.05, 0.1) is 11.7 Å². The number of aliphatic hydroxyl groups is 2. The van der Waals surface area contributed by atoms with Crippen LogP contribution in [-0.4, -0.2) is 27.5 Å². The van der Waals surface area contributed by atoms with Gasteiger partial charge in [0.25, 0.3) is 0 Å². The van der Waals surface area contributed by atoms with Crippen LogP contribution in [0.25, 0.3) is 0 Å². The first-order chi connectivity index (χ1) is 12.6. The van der Waals surface area contributed by atoms with Crippen molar-refractivity contribution in [2.24, 2.45) is 0 Å². The van der Waals surface area contributed by atoms with Crippen molar-refractivity contribution >= 4 is 5.78 Å². The third-order valence-electron chi connectivity index (χ3n) is 5.02. The predicted molar refractivity (Wildman–Crippen MR) is 104 cm³/mol. The van der Waals surface area contributed by atoms with E-state index in [0.29, 0.717) is 13.3 Å². The summed E-state index contributed by atoms with van der Waals surface area (Å²) in [6, 6.07) is 7.53. The molecular formula is C22H34F2O3. The molecule has 0 aliphatic carbocycles. The number of carbonyl (C=O) groups is 1. The van der Waals surface area contributed by atoms with Crippen LogP contribution in [0.15, 0.2) is 24.3 Å². The van der Waals surface area contributed by atoms with Crippen molar-refractivity contribution in [1.29, 1.82) is 0 Å². The Hall–Kier alpha value is -1.33. The van der Waals surface area contributed by atoms with Gasteiger partial charge in [-0.15, -0.1) is 0 Å². The molecule has 5 heteroatoms. The summed E-state index contributed by atoms with van der Waals surface area (Å²) in [6.07, 6.45) is 4.29. The molecule has 0 fully saturated rings. The van der Waals surface area contributed by atoms with E-state index in [-0.39, 0.29) is 19.3 Å². The van der Waals surface area contributed by atoms with Crippen LogP contribution in [0.1, 0.15) is 89.4 Å². The van der Waals surface area contributed by atoms with Crippen molar-refractivity contribution in [2.75, 3.05) is 0 Å². The summed E-state index contributed by atoms with van der Waals surface area (Å²) in [6.45, 7) is 4.74. The van der Waals surface area contributed by atoms with Crippen LogP contribution in [0.3, 0.4) is 0 Å². The number of rotatable bonds is 13. The average Bonchev–Trinajstić information content (AvgIpc) is 2.60. The van der Waals surface area contributed by atoms with E-state index in [1.807, 2.05) is 18.2 Å². The fraction of sp³-hybridized carbons (Fsp3) is 0.682. The lowest BCUT2D eigenvalue weighted by molar-refractivity contribution is -0.140. The Morgan fingerprint density at radius 3 is 2.33 bits per heavy atom. The summed E-state index contributed by atoms with van der Waals surface area (Å²) < 4.78 is 25.7. The van der Waals surface area contributed by atoms with Gasteiger partial charge in [-0.3, -0.25) is 4.79 Å². The van der Waals surface area contributed by atoms with Gasteiger partial charge >= 0.3 is 5.92 Å². The largest absolute Gasteiger partial charge is 0.390 e. The van der Waals surface area contributed by atoms with Crippen molar-refractivity contribution in [1.82, 2.24) is 0 Å². The van der Waals surface area contributed by atoms with Gasteiger partial charge < -0.3 is 10.2 Å². The van der Waals surface area contributed by atoms with Crippen LogP contribution in [0.2, 0.25) is 0 Å². The fourth-order valence-electron chi connectivity index (χ4n) is 3.48. The average molecular weight is 385 g/mol. The minimum atomic E-state index is -3.31. The number of halogens is 2. The van der Waals surface area contributed by atoms with Gasteiger partial charge in [-0.05, 0) is 49.7 Å². The highest BCUT2D eigenvalue weighted by Crippen LogP contribution is 2.27. The monoisotopic (exact) mass is 384 g/mol. The highest BCUT2D eigenvalue weighted by atomic mass is 19.3. The molecule has 27 heavy (non-hydrogen) atoms. The highest BCUT2D eigenvalue weighted by Gasteiger charge is 2.31. The lowest BCUT2D eigenvalue weighted by Crippen LogP contribution is -2.28. The molecule has 2 N–H and O–H groups in total. The molecule has 0 aromatic heterocycles. The molecule has 0 spiro atoms. The van der Waals surface area contributed by atoms with Crippen LogP contribution in [0, 0.1) is 0 Å². The van der Waals surface area contributed by atoms with E-state index in [1.165, 1.54) is 0 Å². The van der Waals surface area contributed by atoms with E-state index in [1.54, 1.807) is 6.07 Å². The topological polar surface area (TPSA) is 57.5 Å². The molecule has 154 valence electrons. The van der Waals surface area contributed by atoms with Crippen molar-refractivity contribution in [3.8, 4) is 0 Å².